The maximum Gasteiger partial charge on any atom is 0.337 e. The highest BCUT2D eigenvalue weighted by Crippen LogP contribution is 2.39. The van der Waals surface area contributed by atoms with Gasteiger partial charge in [-0.25, -0.2) is 4.79 Å². The molecule has 1 aromatic carbocycles. The molecule has 1 aliphatic heterocycles. The molecule has 2 atom stereocenters. The van der Waals surface area contributed by atoms with Crippen molar-refractivity contribution in [1.82, 2.24) is 0 Å². The Labute approximate surface area is 107 Å². The SMILES string of the molecule is O=C(O)c1ccccc1N1CCC2CCCCC21. The number of rotatable bonds is 2. The molecule has 96 valence electrons. The van der Waals surface area contributed by atoms with Gasteiger partial charge in [-0.1, -0.05) is 25.0 Å². The number of anilines is 1. The van der Waals surface area contributed by atoms with Crippen LogP contribution in [0.25, 0.3) is 0 Å². The standard InChI is InChI=1S/C15H19NO2/c17-15(18)12-6-2-4-8-14(12)16-10-9-11-5-1-3-7-13(11)16/h2,4,6,8,11,13H,1,3,5,7,9-10H2,(H,17,18). The van der Waals surface area contributed by atoms with Gasteiger partial charge in [-0.05, 0) is 37.3 Å². The number of para-hydroxylation sites is 1. The Balaban J connectivity index is 1.93. The monoisotopic (exact) mass is 245 g/mol. The third-order valence-electron chi connectivity index (χ3n) is 4.45. The third kappa shape index (κ3) is 1.88. The van der Waals surface area contributed by atoms with E-state index in [1.165, 1.54) is 32.1 Å². The predicted molar refractivity (Wildman–Crippen MR) is 71.1 cm³/mol. The normalized spacial score (nSPS) is 27.0. The molecule has 1 N–H and O–H groups in total. The molecule has 0 amide bonds. The zero-order valence-electron chi connectivity index (χ0n) is 10.5. The van der Waals surface area contributed by atoms with Crippen molar-refractivity contribution in [2.24, 2.45) is 5.92 Å². The van der Waals surface area contributed by atoms with Crippen LogP contribution in [-0.2, 0) is 0 Å². The van der Waals surface area contributed by atoms with Gasteiger partial charge in [0.1, 0.15) is 0 Å². The maximum atomic E-state index is 11.3. The predicted octanol–water partition coefficient (Wildman–Crippen LogP) is 3.15. The second kappa shape index (κ2) is 4.63. The summed E-state index contributed by atoms with van der Waals surface area (Å²) in [6.07, 6.45) is 6.39. The zero-order valence-corrected chi connectivity index (χ0v) is 10.5. The lowest BCUT2D eigenvalue weighted by atomic mass is 9.85. The molecule has 0 aromatic heterocycles. The lowest BCUT2D eigenvalue weighted by Crippen LogP contribution is -2.35. The highest BCUT2D eigenvalue weighted by atomic mass is 16.4. The van der Waals surface area contributed by atoms with Gasteiger partial charge in [0.15, 0.2) is 0 Å². The van der Waals surface area contributed by atoms with Crippen molar-refractivity contribution < 1.29 is 9.90 Å². The molecule has 0 radical (unpaired) electrons. The lowest BCUT2D eigenvalue weighted by Gasteiger charge is -2.33. The van der Waals surface area contributed by atoms with Crippen molar-refractivity contribution >= 4 is 11.7 Å². The fourth-order valence-corrected chi connectivity index (χ4v) is 3.61. The molecule has 2 unspecified atom stereocenters. The van der Waals surface area contributed by atoms with E-state index in [1.807, 2.05) is 12.1 Å². The van der Waals surface area contributed by atoms with E-state index in [4.69, 9.17) is 0 Å². The van der Waals surface area contributed by atoms with Gasteiger partial charge in [0.25, 0.3) is 0 Å². The Kier molecular flexibility index (Phi) is 2.98. The molecule has 3 heteroatoms. The van der Waals surface area contributed by atoms with Gasteiger partial charge >= 0.3 is 5.97 Å². The van der Waals surface area contributed by atoms with Crippen molar-refractivity contribution in [2.75, 3.05) is 11.4 Å². The van der Waals surface area contributed by atoms with Crippen molar-refractivity contribution in [1.29, 1.82) is 0 Å². The number of aromatic carboxylic acids is 1. The number of carboxylic acids is 1. The molecule has 1 aromatic rings. The number of carbonyl (C=O) groups is 1. The van der Waals surface area contributed by atoms with Crippen LogP contribution in [0, 0.1) is 5.92 Å². The van der Waals surface area contributed by atoms with E-state index in [1.54, 1.807) is 12.1 Å². The van der Waals surface area contributed by atoms with E-state index >= 15 is 0 Å². The summed E-state index contributed by atoms with van der Waals surface area (Å²) in [7, 11) is 0. The van der Waals surface area contributed by atoms with E-state index in [0.29, 0.717) is 11.6 Å². The summed E-state index contributed by atoms with van der Waals surface area (Å²) in [6, 6.07) is 7.99. The second-order valence-electron chi connectivity index (χ2n) is 5.42. The Hall–Kier alpha value is -1.51. The molecule has 0 spiro atoms. The summed E-state index contributed by atoms with van der Waals surface area (Å²) in [6.45, 7) is 1.01. The molecule has 1 saturated carbocycles. The number of hydrogen-bond acceptors (Lipinski definition) is 2. The number of fused-ring (bicyclic) bond motifs is 1. The molecule has 1 aliphatic carbocycles. The smallest absolute Gasteiger partial charge is 0.337 e. The van der Waals surface area contributed by atoms with Crippen molar-refractivity contribution in [2.45, 2.75) is 38.1 Å². The van der Waals surface area contributed by atoms with E-state index in [9.17, 15) is 9.90 Å². The third-order valence-corrected chi connectivity index (χ3v) is 4.45. The maximum absolute atomic E-state index is 11.3. The first-order valence-electron chi connectivity index (χ1n) is 6.86. The van der Waals surface area contributed by atoms with Gasteiger partial charge in [-0.3, -0.25) is 0 Å². The van der Waals surface area contributed by atoms with Gasteiger partial charge < -0.3 is 10.0 Å². The topological polar surface area (TPSA) is 40.5 Å². The summed E-state index contributed by atoms with van der Waals surface area (Å²) in [5, 5.41) is 9.30. The van der Waals surface area contributed by atoms with Gasteiger partial charge in [-0.15, -0.1) is 0 Å². The van der Waals surface area contributed by atoms with Crippen LogP contribution in [0.1, 0.15) is 42.5 Å². The molecular formula is C15H19NO2. The van der Waals surface area contributed by atoms with Crippen LogP contribution >= 0.6 is 0 Å². The van der Waals surface area contributed by atoms with Crippen LogP contribution in [-0.4, -0.2) is 23.7 Å². The fourth-order valence-electron chi connectivity index (χ4n) is 3.61. The zero-order chi connectivity index (χ0) is 12.5. The minimum Gasteiger partial charge on any atom is -0.478 e. The van der Waals surface area contributed by atoms with Gasteiger partial charge in [0.05, 0.1) is 11.3 Å². The van der Waals surface area contributed by atoms with Crippen LogP contribution < -0.4 is 4.90 Å². The van der Waals surface area contributed by atoms with Crippen molar-refractivity contribution in [3.8, 4) is 0 Å². The highest BCUT2D eigenvalue weighted by molar-refractivity contribution is 5.94. The van der Waals surface area contributed by atoms with Gasteiger partial charge in [0, 0.05) is 12.6 Å². The Morgan fingerprint density at radius 3 is 2.78 bits per heavy atom. The first-order chi connectivity index (χ1) is 8.77. The van der Waals surface area contributed by atoms with Crippen LogP contribution in [0.2, 0.25) is 0 Å². The summed E-state index contributed by atoms with van der Waals surface area (Å²) in [4.78, 5) is 13.7. The number of nitrogens with zero attached hydrogens (tertiary/aromatic N) is 1. The molecule has 2 fully saturated rings. The summed E-state index contributed by atoms with van der Waals surface area (Å²) >= 11 is 0. The van der Waals surface area contributed by atoms with Crippen molar-refractivity contribution in [3.63, 3.8) is 0 Å². The Morgan fingerprint density at radius 1 is 1.17 bits per heavy atom. The average Bonchev–Trinajstić information content (AvgIpc) is 2.82. The fraction of sp³-hybridized carbons (Fsp3) is 0.533. The van der Waals surface area contributed by atoms with E-state index in [2.05, 4.69) is 4.90 Å². The average molecular weight is 245 g/mol. The minimum absolute atomic E-state index is 0.448. The van der Waals surface area contributed by atoms with Crippen LogP contribution in [0.15, 0.2) is 24.3 Å². The molecule has 3 rings (SSSR count). The minimum atomic E-state index is -0.815. The number of carboxylic acid groups (broad SMARTS) is 1. The lowest BCUT2D eigenvalue weighted by molar-refractivity contribution is 0.0697. The summed E-state index contributed by atoms with van der Waals surface area (Å²) in [5.41, 5.74) is 1.36. The number of hydrogen-bond donors (Lipinski definition) is 1. The van der Waals surface area contributed by atoms with E-state index < -0.39 is 5.97 Å². The Bertz CT molecular complexity index is 458. The van der Waals surface area contributed by atoms with E-state index in [0.717, 1.165) is 18.2 Å². The summed E-state index contributed by atoms with van der Waals surface area (Å²) < 4.78 is 0. The molecule has 1 heterocycles. The number of benzene rings is 1. The van der Waals surface area contributed by atoms with Crippen LogP contribution in [0.3, 0.4) is 0 Å². The van der Waals surface area contributed by atoms with Crippen LogP contribution in [0.5, 0.6) is 0 Å². The molecule has 1 saturated heterocycles. The molecule has 0 bridgehead atoms. The first-order valence-corrected chi connectivity index (χ1v) is 6.86. The quantitative estimate of drug-likeness (QED) is 0.870. The van der Waals surface area contributed by atoms with Gasteiger partial charge in [-0.2, -0.15) is 0 Å². The Morgan fingerprint density at radius 2 is 1.94 bits per heavy atom. The van der Waals surface area contributed by atoms with Gasteiger partial charge in [0.2, 0.25) is 0 Å². The molecular weight excluding hydrogens is 226 g/mol. The van der Waals surface area contributed by atoms with Crippen LogP contribution in [0.4, 0.5) is 5.69 Å². The molecule has 2 aliphatic rings. The van der Waals surface area contributed by atoms with Crippen molar-refractivity contribution in [3.05, 3.63) is 29.8 Å². The molecule has 18 heavy (non-hydrogen) atoms. The largest absolute Gasteiger partial charge is 0.478 e. The highest BCUT2D eigenvalue weighted by Gasteiger charge is 2.36. The van der Waals surface area contributed by atoms with E-state index in [-0.39, 0.29) is 0 Å². The summed E-state index contributed by atoms with van der Waals surface area (Å²) in [5.74, 6) is -0.0366. The second-order valence-corrected chi connectivity index (χ2v) is 5.42. The first kappa shape index (κ1) is 11.6. The molecule has 3 nitrogen and oxygen atoms in total.